The third-order valence-corrected chi connectivity index (χ3v) is 3.64. The predicted molar refractivity (Wildman–Crippen MR) is 76.5 cm³/mol. The number of hydrogen-bond donors (Lipinski definition) is 1. The van der Waals surface area contributed by atoms with Gasteiger partial charge in [0, 0.05) is 5.56 Å². The van der Waals surface area contributed by atoms with E-state index in [1.165, 1.54) is 24.5 Å². The fourth-order valence-electron chi connectivity index (χ4n) is 1.25. The van der Waals surface area contributed by atoms with Crippen molar-refractivity contribution in [2.45, 2.75) is 0 Å². The molecule has 1 aromatic heterocycles. The van der Waals surface area contributed by atoms with E-state index >= 15 is 0 Å². The summed E-state index contributed by atoms with van der Waals surface area (Å²) in [6.45, 7) is 0. The summed E-state index contributed by atoms with van der Waals surface area (Å²) >= 11 is 23.2. The molecule has 1 aromatic carbocycles. The summed E-state index contributed by atoms with van der Waals surface area (Å²) in [5, 5.41) is 3.27. The summed E-state index contributed by atoms with van der Waals surface area (Å²) in [4.78, 5) is 19.5. The number of halogens is 4. The average Bonchev–Trinajstić information content (AvgIpc) is 2.38. The molecule has 2 rings (SSSR count). The van der Waals surface area contributed by atoms with Gasteiger partial charge in [0.05, 0.1) is 10.0 Å². The van der Waals surface area contributed by atoms with E-state index in [0.29, 0.717) is 10.6 Å². The molecule has 0 unspecified atom stereocenters. The molecule has 0 atom stereocenters. The molecular formula is C11H5Cl4N3O. The van der Waals surface area contributed by atoms with Crippen molar-refractivity contribution < 1.29 is 4.79 Å². The van der Waals surface area contributed by atoms with E-state index in [1.54, 1.807) is 0 Å². The second-order valence-corrected chi connectivity index (χ2v) is 4.96. The van der Waals surface area contributed by atoms with Crippen LogP contribution in [0.25, 0.3) is 0 Å². The lowest BCUT2D eigenvalue weighted by atomic mass is 10.2. The van der Waals surface area contributed by atoms with Crippen molar-refractivity contribution in [3.63, 3.8) is 0 Å². The van der Waals surface area contributed by atoms with Crippen LogP contribution < -0.4 is 5.32 Å². The van der Waals surface area contributed by atoms with Crippen molar-refractivity contribution in [2.75, 3.05) is 5.32 Å². The van der Waals surface area contributed by atoms with Gasteiger partial charge in [-0.3, -0.25) is 4.79 Å². The first kappa shape index (κ1) is 14.3. The zero-order valence-electron chi connectivity index (χ0n) is 9.12. The minimum atomic E-state index is -0.435. The zero-order chi connectivity index (χ0) is 14.0. The first-order valence-corrected chi connectivity index (χ1v) is 6.42. The van der Waals surface area contributed by atoms with Gasteiger partial charge in [0.1, 0.15) is 11.3 Å². The van der Waals surface area contributed by atoms with Crippen molar-refractivity contribution >= 4 is 58.1 Å². The van der Waals surface area contributed by atoms with Crippen molar-refractivity contribution in [1.82, 2.24) is 9.97 Å². The number of nitrogens with one attached hydrogen (secondary N) is 1. The molecule has 19 heavy (non-hydrogen) atoms. The Kier molecular flexibility index (Phi) is 4.47. The molecule has 0 aliphatic heterocycles. The highest BCUT2D eigenvalue weighted by atomic mass is 35.5. The molecule has 8 heteroatoms. The number of benzene rings is 1. The van der Waals surface area contributed by atoms with Crippen molar-refractivity contribution in [3.8, 4) is 0 Å². The monoisotopic (exact) mass is 335 g/mol. The van der Waals surface area contributed by atoms with Gasteiger partial charge in [-0.2, -0.15) is 0 Å². The van der Waals surface area contributed by atoms with Crippen LogP contribution in [0.1, 0.15) is 10.4 Å². The topological polar surface area (TPSA) is 54.9 Å². The van der Waals surface area contributed by atoms with E-state index in [4.69, 9.17) is 46.4 Å². The molecule has 4 nitrogen and oxygen atoms in total. The standard InChI is InChI=1S/C11H5Cl4N3O/c12-6-2-1-5(3-7(6)13)11(19)18-10-8(14)9(15)16-4-17-10/h1-4H,(H,16,17,18,19). The summed E-state index contributed by atoms with van der Waals surface area (Å²) in [6, 6.07) is 4.49. The third kappa shape index (κ3) is 3.28. The minimum absolute atomic E-state index is 0.0566. The van der Waals surface area contributed by atoms with Gasteiger partial charge in [-0.05, 0) is 18.2 Å². The normalized spacial score (nSPS) is 10.3. The highest BCUT2D eigenvalue weighted by Gasteiger charge is 2.13. The summed E-state index contributed by atoms with van der Waals surface area (Å²) in [6.07, 6.45) is 1.19. The van der Waals surface area contributed by atoms with Crippen LogP contribution in [0.2, 0.25) is 20.2 Å². The molecule has 2 aromatic rings. The highest BCUT2D eigenvalue weighted by molar-refractivity contribution is 6.43. The van der Waals surface area contributed by atoms with Crippen LogP contribution in [0, 0.1) is 0 Å². The molecule has 0 aliphatic carbocycles. The van der Waals surface area contributed by atoms with Crippen LogP contribution in [-0.2, 0) is 0 Å². The van der Waals surface area contributed by atoms with Gasteiger partial charge >= 0.3 is 0 Å². The molecule has 1 N–H and O–H groups in total. The van der Waals surface area contributed by atoms with Crippen LogP contribution in [0.4, 0.5) is 5.82 Å². The Morgan fingerprint density at radius 1 is 1.05 bits per heavy atom. The van der Waals surface area contributed by atoms with Gasteiger partial charge in [0.2, 0.25) is 0 Å². The fraction of sp³-hybridized carbons (Fsp3) is 0. The molecule has 0 radical (unpaired) electrons. The molecule has 0 spiro atoms. The summed E-state index contributed by atoms with van der Waals surface area (Å²) in [5.41, 5.74) is 0.320. The Hall–Kier alpha value is -1.07. The Labute approximate surface area is 128 Å². The Morgan fingerprint density at radius 3 is 2.47 bits per heavy atom. The number of aromatic nitrogens is 2. The van der Waals surface area contributed by atoms with E-state index in [2.05, 4.69) is 15.3 Å². The van der Waals surface area contributed by atoms with E-state index in [0.717, 1.165) is 0 Å². The number of nitrogens with zero attached hydrogens (tertiary/aromatic N) is 2. The van der Waals surface area contributed by atoms with Gasteiger partial charge in [-0.1, -0.05) is 46.4 Å². The third-order valence-electron chi connectivity index (χ3n) is 2.16. The largest absolute Gasteiger partial charge is 0.305 e. The lowest BCUT2D eigenvalue weighted by Crippen LogP contribution is -2.13. The maximum Gasteiger partial charge on any atom is 0.256 e. The van der Waals surface area contributed by atoms with E-state index < -0.39 is 5.91 Å². The van der Waals surface area contributed by atoms with E-state index in [-0.39, 0.29) is 21.0 Å². The predicted octanol–water partition coefficient (Wildman–Crippen LogP) is 4.34. The van der Waals surface area contributed by atoms with E-state index in [1.807, 2.05) is 0 Å². The Morgan fingerprint density at radius 2 is 1.79 bits per heavy atom. The number of anilines is 1. The van der Waals surface area contributed by atoms with Crippen LogP contribution in [0.5, 0.6) is 0 Å². The summed E-state index contributed by atoms with van der Waals surface area (Å²) < 4.78 is 0. The van der Waals surface area contributed by atoms with Crippen LogP contribution >= 0.6 is 46.4 Å². The number of hydrogen-bond acceptors (Lipinski definition) is 3. The van der Waals surface area contributed by atoms with Crippen molar-refractivity contribution in [1.29, 1.82) is 0 Å². The summed E-state index contributed by atoms with van der Waals surface area (Å²) in [7, 11) is 0. The van der Waals surface area contributed by atoms with Gasteiger partial charge in [0.15, 0.2) is 11.0 Å². The molecule has 1 amide bonds. The molecule has 0 saturated heterocycles. The van der Waals surface area contributed by atoms with Gasteiger partial charge in [0.25, 0.3) is 5.91 Å². The van der Waals surface area contributed by atoms with Gasteiger partial charge < -0.3 is 5.32 Å². The van der Waals surface area contributed by atoms with Crippen molar-refractivity contribution in [2.24, 2.45) is 0 Å². The number of rotatable bonds is 2. The van der Waals surface area contributed by atoms with Crippen molar-refractivity contribution in [3.05, 3.63) is 50.3 Å². The number of carbonyl (C=O) groups excluding carboxylic acids is 1. The molecule has 98 valence electrons. The quantitative estimate of drug-likeness (QED) is 0.830. The smallest absolute Gasteiger partial charge is 0.256 e. The highest BCUT2D eigenvalue weighted by Crippen LogP contribution is 2.27. The molecule has 0 bridgehead atoms. The zero-order valence-corrected chi connectivity index (χ0v) is 12.1. The molecule has 1 heterocycles. The van der Waals surface area contributed by atoms with E-state index in [9.17, 15) is 4.79 Å². The second kappa shape index (κ2) is 5.92. The minimum Gasteiger partial charge on any atom is -0.305 e. The first-order valence-electron chi connectivity index (χ1n) is 4.91. The second-order valence-electron chi connectivity index (χ2n) is 3.41. The maximum atomic E-state index is 12.0. The lowest BCUT2D eigenvalue weighted by Gasteiger charge is -2.07. The fourth-order valence-corrected chi connectivity index (χ4v) is 1.83. The van der Waals surface area contributed by atoms with Crippen LogP contribution in [0.15, 0.2) is 24.5 Å². The Balaban J connectivity index is 2.26. The number of amides is 1. The Bertz CT molecular complexity index is 648. The SMILES string of the molecule is O=C(Nc1ncnc(Cl)c1Cl)c1ccc(Cl)c(Cl)c1. The van der Waals surface area contributed by atoms with Crippen LogP contribution in [0.3, 0.4) is 0 Å². The first-order chi connectivity index (χ1) is 8.99. The molecule has 0 saturated carbocycles. The molecular weight excluding hydrogens is 332 g/mol. The average molecular weight is 337 g/mol. The van der Waals surface area contributed by atoms with Gasteiger partial charge in [-0.25, -0.2) is 9.97 Å². The molecule has 0 aliphatic rings. The lowest BCUT2D eigenvalue weighted by molar-refractivity contribution is 0.102. The maximum absolute atomic E-state index is 12.0. The molecule has 0 fully saturated rings. The summed E-state index contributed by atoms with van der Waals surface area (Å²) in [5.74, 6) is -0.312. The van der Waals surface area contributed by atoms with Crippen LogP contribution in [-0.4, -0.2) is 15.9 Å². The van der Waals surface area contributed by atoms with Gasteiger partial charge in [-0.15, -0.1) is 0 Å². The number of carbonyl (C=O) groups is 1.